The number of nitrogens with zero attached hydrogens (tertiary/aromatic N) is 1. The molecule has 0 heterocycles. The number of esters is 1. The molecule has 2 aromatic carbocycles. The van der Waals surface area contributed by atoms with Gasteiger partial charge in [-0.3, -0.25) is 10.1 Å². The first-order valence-electron chi connectivity index (χ1n) is 6.54. The van der Waals surface area contributed by atoms with Crippen molar-refractivity contribution in [3.8, 4) is 0 Å². The lowest BCUT2D eigenvalue weighted by Crippen LogP contribution is -2.11. The van der Waals surface area contributed by atoms with E-state index in [4.69, 9.17) is 4.74 Å². The second-order valence-electron chi connectivity index (χ2n) is 4.71. The van der Waals surface area contributed by atoms with Crippen molar-refractivity contribution >= 4 is 11.7 Å². The molecule has 2 rings (SSSR count). The molecule has 0 radical (unpaired) electrons. The summed E-state index contributed by atoms with van der Waals surface area (Å²) in [5.41, 5.74) is 1.35. The zero-order valence-corrected chi connectivity index (χ0v) is 11.6. The van der Waals surface area contributed by atoms with Gasteiger partial charge < -0.3 is 4.74 Å². The second kappa shape index (κ2) is 6.65. The third kappa shape index (κ3) is 3.89. The standard InChI is InChI=1S/C16H15NO4/c1-12(13-5-3-2-4-6-13)11-21-16(18)14-7-9-15(10-8-14)17(19)20/h2-10,12H,11H2,1H3/t12-/m1/s1. The molecule has 21 heavy (non-hydrogen) atoms. The van der Waals surface area contributed by atoms with Crippen LogP contribution in [0, 0.1) is 10.1 Å². The van der Waals surface area contributed by atoms with E-state index in [1.165, 1.54) is 24.3 Å². The largest absolute Gasteiger partial charge is 0.461 e. The van der Waals surface area contributed by atoms with Gasteiger partial charge in [0.05, 0.1) is 17.1 Å². The monoisotopic (exact) mass is 285 g/mol. The van der Waals surface area contributed by atoms with Crippen molar-refractivity contribution in [2.24, 2.45) is 0 Å². The van der Waals surface area contributed by atoms with Crippen LogP contribution in [0.5, 0.6) is 0 Å². The molecule has 5 nitrogen and oxygen atoms in total. The number of nitro benzene ring substituents is 1. The van der Waals surface area contributed by atoms with E-state index in [1.807, 2.05) is 37.3 Å². The average molecular weight is 285 g/mol. The summed E-state index contributed by atoms with van der Waals surface area (Å²) in [4.78, 5) is 21.9. The first-order chi connectivity index (χ1) is 10.1. The second-order valence-corrected chi connectivity index (χ2v) is 4.71. The zero-order chi connectivity index (χ0) is 15.2. The van der Waals surface area contributed by atoms with Crippen LogP contribution in [0.2, 0.25) is 0 Å². The summed E-state index contributed by atoms with van der Waals surface area (Å²) < 4.78 is 5.24. The maximum Gasteiger partial charge on any atom is 0.338 e. The van der Waals surface area contributed by atoms with E-state index in [9.17, 15) is 14.9 Å². The Hall–Kier alpha value is -2.69. The van der Waals surface area contributed by atoms with Crippen molar-refractivity contribution in [2.75, 3.05) is 6.61 Å². The van der Waals surface area contributed by atoms with Crippen LogP contribution >= 0.6 is 0 Å². The van der Waals surface area contributed by atoms with Crippen LogP contribution in [0.3, 0.4) is 0 Å². The number of carbonyl (C=O) groups excluding carboxylic acids is 1. The molecule has 1 atom stereocenters. The lowest BCUT2D eigenvalue weighted by atomic mass is 10.0. The highest BCUT2D eigenvalue weighted by atomic mass is 16.6. The minimum absolute atomic E-state index is 0.0517. The van der Waals surface area contributed by atoms with Crippen molar-refractivity contribution in [1.29, 1.82) is 0 Å². The van der Waals surface area contributed by atoms with Crippen LogP contribution in [-0.4, -0.2) is 17.5 Å². The van der Waals surface area contributed by atoms with Gasteiger partial charge in [0, 0.05) is 18.1 Å². The number of rotatable bonds is 5. The minimum Gasteiger partial charge on any atom is -0.461 e. The van der Waals surface area contributed by atoms with Gasteiger partial charge in [0.2, 0.25) is 0 Å². The SMILES string of the molecule is C[C@H](COC(=O)c1ccc([N+](=O)[O-])cc1)c1ccccc1. The smallest absolute Gasteiger partial charge is 0.338 e. The van der Waals surface area contributed by atoms with E-state index < -0.39 is 10.9 Å². The van der Waals surface area contributed by atoms with Gasteiger partial charge in [-0.1, -0.05) is 37.3 Å². The summed E-state index contributed by atoms with van der Waals surface area (Å²) in [6, 6.07) is 15.1. The van der Waals surface area contributed by atoms with Gasteiger partial charge in [0.1, 0.15) is 0 Å². The molecule has 0 N–H and O–H groups in total. The molecule has 5 heteroatoms. The van der Waals surface area contributed by atoms with E-state index in [2.05, 4.69) is 0 Å². The molecule has 0 aliphatic heterocycles. The Morgan fingerprint density at radius 1 is 1.14 bits per heavy atom. The van der Waals surface area contributed by atoms with Crippen molar-refractivity contribution in [1.82, 2.24) is 0 Å². The molecule has 2 aromatic rings. The fourth-order valence-electron chi connectivity index (χ4n) is 1.88. The third-order valence-corrected chi connectivity index (χ3v) is 3.15. The van der Waals surface area contributed by atoms with Crippen LogP contribution in [0.1, 0.15) is 28.8 Å². The zero-order valence-electron chi connectivity index (χ0n) is 11.6. The number of nitro groups is 1. The molecular formula is C16H15NO4. The normalized spacial score (nSPS) is 11.7. The molecule has 0 saturated carbocycles. The number of hydrogen-bond acceptors (Lipinski definition) is 4. The van der Waals surface area contributed by atoms with Gasteiger partial charge in [-0.25, -0.2) is 4.79 Å². The molecule has 0 saturated heterocycles. The quantitative estimate of drug-likeness (QED) is 0.478. The number of hydrogen-bond donors (Lipinski definition) is 0. The van der Waals surface area contributed by atoms with E-state index in [0.717, 1.165) is 5.56 Å². The van der Waals surface area contributed by atoms with Gasteiger partial charge in [0.25, 0.3) is 5.69 Å². The van der Waals surface area contributed by atoms with Gasteiger partial charge in [0.15, 0.2) is 0 Å². The van der Waals surface area contributed by atoms with Crippen molar-refractivity contribution in [3.63, 3.8) is 0 Å². The van der Waals surface area contributed by atoms with E-state index in [-0.39, 0.29) is 18.2 Å². The highest BCUT2D eigenvalue weighted by Gasteiger charge is 2.13. The number of carbonyl (C=O) groups is 1. The number of ether oxygens (including phenoxy) is 1. The number of non-ortho nitro benzene ring substituents is 1. The predicted octanol–water partition coefficient (Wildman–Crippen LogP) is 3.56. The topological polar surface area (TPSA) is 69.4 Å². The fraction of sp³-hybridized carbons (Fsp3) is 0.188. The third-order valence-electron chi connectivity index (χ3n) is 3.15. The maximum absolute atomic E-state index is 11.9. The summed E-state index contributed by atoms with van der Waals surface area (Å²) in [5, 5.41) is 10.5. The van der Waals surface area contributed by atoms with Crippen molar-refractivity contribution < 1.29 is 14.5 Å². The predicted molar refractivity (Wildman–Crippen MR) is 78.2 cm³/mol. The summed E-state index contributed by atoms with van der Waals surface area (Å²) in [5.74, 6) is -0.388. The van der Waals surface area contributed by atoms with Crippen LogP contribution in [0.15, 0.2) is 54.6 Å². The lowest BCUT2D eigenvalue weighted by molar-refractivity contribution is -0.384. The molecule has 0 unspecified atom stereocenters. The fourth-order valence-corrected chi connectivity index (χ4v) is 1.88. The Bertz CT molecular complexity index is 622. The van der Waals surface area contributed by atoms with Crippen LogP contribution in [0.25, 0.3) is 0 Å². The van der Waals surface area contributed by atoms with E-state index in [1.54, 1.807) is 0 Å². The molecule has 0 bridgehead atoms. The van der Waals surface area contributed by atoms with Crippen molar-refractivity contribution in [2.45, 2.75) is 12.8 Å². The molecule has 0 aromatic heterocycles. The molecule has 0 amide bonds. The maximum atomic E-state index is 11.9. The number of benzene rings is 2. The van der Waals surface area contributed by atoms with Crippen LogP contribution < -0.4 is 0 Å². The Morgan fingerprint density at radius 3 is 2.33 bits per heavy atom. The molecule has 0 aliphatic carbocycles. The molecule has 108 valence electrons. The Kier molecular flexibility index (Phi) is 4.66. The highest BCUT2D eigenvalue weighted by Crippen LogP contribution is 2.16. The first kappa shape index (κ1) is 14.7. The average Bonchev–Trinajstić information content (AvgIpc) is 2.53. The Balaban J connectivity index is 1.94. The Morgan fingerprint density at radius 2 is 1.76 bits per heavy atom. The van der Waals surface area contributed by atoms with Crippen LogP contribution in [-0.2, 0) is 4.74 Å². The summed E-state index contributed by atoms with van der Waals surface area (Å²) in [7, 11) is 0. The minimum atomic E-state index is -0.507. The van der Waals surface area contributed by atoms with Gasteiger partial charge in [-0.05, 0) is 17.7 Å². The van der Waals surface area contributed by atoms with Gasteiger partial charge in [-0.2, -0.15) is 0 Å². The Labute approximate surface area is 122 Å². The lowest BCUT2D eigenvalue weighted by Gasteiger charge is -2.12. The summed E-state index contributed by atoms with van der Waals surface area (Å²) in [6.07, 6.45) is 0. The van der Waals surface area contributed by atoms with E-state index >= 15 is 0 Å². The molecular weight excluding hydrogens is 270 g/mol. The highest BCUT2D eigenvalue weighted by molar-refractivity contribution is 5.89. The van der Waals surface area contributed by atoms with Gasteiger partial charge in [-0.15, -0.1) is 0 Å². The van der Waals surface area contributed by atoms with Crippen molar-refractivity contribution in [3.05, 3.63) is 75.8 Å². The van der Waals surface area contributed by atoms with E-state index in [0.29, 0.717) is 5.56 Å². The molecule has 0 aliphatic rings. The summed E-state index contributed by atoms with van der Waals surface area (Å²) in [6.45, 7) is 2.23. The van der Waals surface area contributed by atoms with Gasteiger partial charge >= 0.3 is 5.97 Å². The molecule has 0 spiro atoms. The molecule has 0 fully saturated rings. The first-order valence-corrected chi connectivity index (χ1v) is 6.54. The van der Waals surface area contributed by atoms with Crippen LogP contribution in [0.4, 0.5) is 5.69 Å². The summed E-state index contributed by atoms with van der Waals surface area (Å²) >= 11 is 0.